The van der Waals surface area contributed by atoms with Gasteiger partial charge in [0.15, 0.2) is 0 Å². The molecule has 42 heavy (non-hydrogen) atoms. The molecule has 236 valence electrons. The van der Waals surface area contributed by atoms with Crippen LogP contribution in [0, 0.1) is 13.8 Å². The maximum Gasteiger partial charge on any atom is 0.471 e. The molecule has 1 unspecified atom stereocenters. The fraction of sp³-hybridized carbons (Fsp3) is 0.714. The Morgan fingerprint density at radius 3 is 2.10 bits per heavy atom. The Hall–Kier alpha value is -2.42. The molecule has 1 aromatic rings. The molecule has 3 aliphatic rings. The number of likely N-dealkylation sites (tertiary alicyclic amines) is 1. The zero-order valence-corrected chi connectivity index (χ0v) is 25.3. The van der Waals surface area contributed by atoms with Crippen molar-refractivity contribution in [1.82, 2.24) is 19.0 Å². The lowest BCUT2D eigenvalue weighted by molar-refractivity contribution is -0.186. The van der Waals surface area contributed by atoms with E-state index in [1.807, 2.05) is 0 Å². The standard InChI is InChI=1S/C28H41F3N4O6S/c1-20-16-24(40-3)17-21(2)26(20)42(38,39)35-9-5-4-6-23(35)18-41-19-25(36)33-14-12-32(13-15-33)22-7-10-34(11-8-22)27(37)28(29,30)31/h16-17,22-23H,4-15,18-19H2,1-3H3. The molecule has 14 heteroatoms. The van der Waals surface area contributed by atoms with E-state index in [1.165, 1.54) is 4.31 Å². The average molecular weight is 619 g/mol. The highest BCUT2D eigenvalue weighted by Crippen LogP contribution is 2.32. The second kappa shape index (κ2) is 13.5. The van der Waals surface area contributed by atoms with Crippen molar-refractivity contribution in [2.75, 3.05) is 66.1 Å². The summed E-state index contributed by atoms with van der Waals surface area (Å²) in [5.41, 5.74) is 1.23. The highest BCUT2D eigenvalue weighted by molar-refractivity contribution is 7.89. The summed E-state index contributed by atoms with van der Waals surface area (Å²) in [6, 6.07) is 3.13. The quantitative estimate of drug-likeness (QED) is 0.442. The Kier molecular flexibility index (Phi) is 10.4. The van der Waals surface area contributed by atoms with Gasteiger partial charge in [-0.15, -0.1) is 0 Å². The van der Waals surface area contributed by atoms with Gasteiger partial charge in [-0.05, 0) is 62.8 Å². The lowest BCUT2D eigenvalue weighted by Gasteiger charge is -2.42. The van der Waals surface area contributed by atoms with Crippen LogP contribution in [0.15, 0.2) is 17.0 Å². The van der Waals surface area contributed by atoms with Crippen molar-refractivity contribution in [3.8, 4) is 5.75 Å². The zero-order chi connectivity index (χ0) is 30.7. The fourth-order valence-electron chi connectivity index (χ4n) is 6.33. The largest absolute Gasteiger partial charge is 0.497 e. The predicted octanol–water partition coefficient (Wildman–Crippen LogP) is 2.57. The van der Waals surface area contributed by atoms with Crippen molar-refractivity contribution in [1.29, 1.82) is 0 Å². The van der Waals surface area contributed by atoms with E-state index in [9.17, 15) is 31.2 Å². The van der Waals surface area contributed by atoms with Crippen LogP contribution in [0.3, 0.4) is 0 Å². The Morgan fingerprint density at radius 1 is 0.905 bits per heavy atom. The first-order valence-corrected chi connectivity index (χ1v) is 15.9. The number of sulfonamides is 1. The number of aryl methyl sites for hydroxylation is 2. The molecule has 3 heterocycles. The van der Waals surface area contributed by atoms with E-state index in [4.69, 9.17) is 9.47 Å². The number of carbonyl (C=O) groups excluding carboxylic acids is 2. The molecular weight excluding hydrogens is 577 g/mol. The fourth-order valence-corrected chi connectivity index (χ4v) is 8.43. The van der Waals surface area contributed by atoms with Gasteiger partial charge in [-0.1, -0.05) is 6.42 Å². The summed E-state index contributed by atoms with van der Waals surface area (Å²) in [6.45, 7) is 6.16. The number of amides is 2. The van der Waals surface area contributed by atoms with Gasteiger partial charge in [0.1, 0.15) is 12.4 Å². The van der Waals surface area contributed by atoms with Crippen LogP contribution in [0.1, 0.15) is 43.2 Å². The van der Waals surface area contributed by atoms with Crippen molar-refractivity contribution in [3.63, 3.8) is 0 Å². The van der Waals surface area contributed by atoms with Crippen LogP contribution in [0.25, 0.3) is 0 Å². The minimum atomic E-state index is -4.85. The number of halogens is 3. The lowest BCUT2D eigenvalue weighted by atomic mass is 10.0. The van der Waals surface area contributed by atoms with E-state index in [0.717, 1.165) is 17.7 Å². The van der Waals surface area contributed by atoms with E-state index in [1.54, 1.807) is 38.0 Å². The zero-order valence-electron chi connectivity index (χ0n) is 24.5. The van der Waals surface area contributed by atoms with E-state index in [-0.39, 0.29) is 49.2 Å². The second-order valence-corrected chi connectivity index (χ2v) is 13.1. The highest BCUT2D eigenvalue weighted by Gasteiger charge is 2.44. The van der Waals surface area contributed by atoms with Crippen molar-refractivity contribution in [2.45, 2.75) is 69.1 Å². The molecule has 1 atom stereocenters. The van der Waals surface area contributed by atoms with Gasteiger partial charge in [0.2, 0.25) is 15.9 Å². The maximum absolute atomic E-state index is 13.7. The van der Waals surface area contributed by atoms with E-state index in [2.05, 4.69) is 4.90 Å². The van der Waals surface area contributed by atoms with E-state index in [0.29, 0.717) is 68.9 Å². The number of carbonyl (C=O) groups is 2. The Labute approximate surface area is 245 Å². The minimum absolute atomic E-state index is 0.0709. The van der Waals surface area contributed by atoms with Crippen LogP contribution in [0.5, 0.6) is 5.75 Å². The Balaban J connectivity index is 1.25. The monoisotopic (exact) mass is 618 g/mol. The Bertz CT molecular complexity index is 1210. The summed E-state index contributed by atoms with van der Waals surface area (Å²) in [5, 5.41) is 0. The van der Waals surface area contributed by atoms with Gasteiger partial charge in [0.25, 0.3) is 0 Å². The summed E-state index contributed by atoms with van der Waals surface area (Å²) in [5.74, 6) is -1.35. The third-order valence-corrected chi connectivity index (χ3v) is 10.8. The number of rotatable bonds is 8. The first-order valence-electron chi connectivity index (χ1n) is 14.5. The molecule has 0 N–H and O–H groups in total. The molecular formula is C28H41F3N4O6S. The van der Waals surface area contributed by atoms with E-state index < -0.39 is 22.1 Å². The molecule has 0 spiro atoms. The SMILES string of the molecule is COc1cc(C)c(S(=O)(=O)N2CCCCC2COCC(=O)N2CCN(C3CCN(C(=O)C(F)(F)F)CC3)CC2)c(C)c1. The number of hydrogen-bond acceptors (Lipinski definition) is 7. The summed E-state index contributed by atoms with van der Waals surface area (Å²) in [7, 11) is -2.24. The molecule has 2 amide bonds. The molecule has 0 aliphatic carbocycles. The predicted molar refractivity (Wildman–Crippen MR) is 149 cm³/mol. The van der Waals surface area contributed by atoms with E-state index >= 15 is 0 Å². The number of ether oxygens (including phenoxy) is 2. The normalized spacial score (nSPS) is 21.9. The van der Waals surface area contributed by atoms with Crippen LogP contribution in [0.4, 0.5) is 13.2 Å². The molecule has 0 saturated carbocycles. The summed E-state index contributed by atoms with van der Waals surface area (Å²) < 4.78 is 78.2. The summed E-state index contributed by atoms with van der Waals surface area (Å²) in [6.07, 6.45) is -1.64. The minimum Gasteiger partial charge on any atom is -0.497 e. The summed E-state index contributed by atoms with van der Waals surface area (Å²) in [4.78, 5) is 29.4. The van der Waals surface area contributed by atoms with Crippen molar-refractivity contribution in [3.05, 3.63) is 23.3 Å². The molecule has 0 radical (unpaired) electrons. The molecule has 0 bridgehead atoms. The first-order chi connectivity index (χ1) is 19.8. The molecule has 1 aromatic carbocycles. The number of hydrogen-bond donors (Lipinski definition) is 0. The van der Waals surface area contributed by atoms with Gasteiger partial charge in [-0.25, -0.2) is 8.42 Å². The number of alkyl halides is 3. The second-order valence-electron chi connectivity index (χ2n) is 11.3. The van der Waals surface area contributed by atoms with Crippen LogP contribution in [-0.4, -0.2) is 124 Å². The van der Waals surface area contributed by atoms with Gasteiger partial charge >= 0.3 is 12.1 Å². The van der Waals surface area contributed by atoms with Gasteiger partial charge in [-0.2, -0.15) is 17.5 Å². The summed E-state index contributed by atoms with van der Waals surface area (Å²) >= 11 is 0. The molecule has 4 rings (SSSR count). The van der Waals surface area contributed by atoms with Crippen LogP contribution >= 0.6 is 0 Å². The number of methoxy groups -OCH3 is 1. The number of piperidine rings is 2. The van der Waals surface area contributed by atoms with Crippen molar-refractivity contribution < 1.29 is 40.7 Å². The van der Waals surface area contributed by atoms with Gasteiger partial charge in [-0.3, -0.25) is 14.5 Å². The van der Waals surface area contributed by atoms with Crippen LogP contribution in [-0.2, 0) is 24.3 Å². The number of benzene rings is 1. The smallest absolute Gasteiger partial charge is 0.471 e. The van der Waals surface area contributed by atoms with Crippen molar-refractivity contribution >= 4 is 21.8 Å². The lowest BCUT2D eigenvalue weighted by Crippen LogP contribution is -2.56. The molecule has 0 aromatic heterocycles. The van der Waals surface area contributed by atoms with Crippen LogP contribution < -0.4 is 4.74 Å². The first kappa shape index (κ1) is 32.5. The molecule has 3 aliphatic heterocycles. The van der Waals surface area contributed by atoms with Crippen molar-refractivity contribution in [2.24, 2.45) is 0 Å². The number of piperazine rings is 1. The highest BCUT2D eigenvalue weighted by atomic mass is 32.2. The van der Waals surface area contributed by atoms with Gasteiger partial charge in [0, 0.05) is 57.9 Å². The molecule has 3 saturated heterocycles. The van der Waals surface area contributed by atoms with Gasteiger partial charge in [0.05, 0.1) is 18.6 Å². The maximum atomic E-state index is 13.7. The molecule has 10 nitrogen and oxygen atoms in total. The van der Waals surface area contributed by atoms with Crippen LogP contribution in [0.2, 0.25) is 0 Å². The average Bonchev–Trinajstić information content (AvgIpc) is 2.96. The Morgan fingerprint density at radius 2 is 1.52 bits per heavy atom. The topological polar surface area (TPSA) is 99.7 Å². The number of nitrogens with zero attached hydrogens (tertiary/aromatic N) is 4. The molecule has 3 fully saturated rings. The van der Waals surface area contributed by atoms with Gasteiger partial charge < -0.3 is 19.3 Å². The third-order valence-electron chi connectivity index (χ3n) is 8.52. The third kappa shape index (κ3) is 7.37.